The maximum absolute atomic E-state index is 12.4. The second kappa shape index (κ2) is 4.42. The third-order valence-electron chi connectivity index (χ3n) is 3.47. The molecular formula is C13H15N3O2. The Morgan fingerprint density at radius 1 is 1.22 bits per heavy atom. The van der Waals surface area contributed by atoms with Crippen LogP contribution >= 0.6 is 0 Å². The van der Waals surface area contributed by atoms with Crippen molar-refractivity contribution in [1.82, 2.24) is 14.9 Å². The number of aromatic amines is 1. The van der Waals surface area contributed by atoms with Crippen LogP contribution in [0.25, 0.3) is 10.9 Å². The number of aromatic nitrogens is 2. The number of nitrogens with zero attached hydrogens (tertiary/aromatic N) is 1. The van der Waals surface area contributed by atoms with E-state index in [9.17, 15) is 9.59 Å². The van der Waals surface area contributed by atoms with Crippen LogP contribution in [0, 0.1) is 0 Å². The van der Waals surface area contributed by atoms with Crippen molar-refractivity contribution in [3.63, 3.8) is 0 Å². The standard InChI is InChI=1S/C13H15N3O2/c17-12-10-5-1-2-6-11(10)15-13(18)16(12)9-4-3-7-14-8-9/h1-2,5-6,9,14H,3-4,7-8H2,(H,15,18)/t9-/m0/s1. The van der Waals surface area contributed by atoms with Crippen LogP contribution in [0.4, 0.5) is 0 Å². The van der Waals surface area contributed by atoms with E-state index in [1.54, 1.807) is 12.1 Å². The van der Waals surface area contributed by atoms with Crippen molar-refractivity contribution in [1.29, 1.82) is 0 Å². The van der Waals surface area contributed by atoms with Crippen molar-refractivity contribution in [2.24, 2.45) is 0 Å². The van der Waals surface area contributed by atoms with Gasteiger partial charge in [0.05, 0.1) is 16.9 Å². The topological polar surface area (TPSA) is 66.9 Å². The van der Waals surface area contributed by atoms with Crippen LogP contribution in [0.15, 0.2) is 33.9 Å². The summed E-state index contributed by atoms with van der Waals surface area (Å²) in [5, 5.41) is 3.80. The predicted octanol–water partition coefficient (Wildman–Crippen LogP) is 0.614. The Morgan fingerprint density at radius 2 is 2.06 bits per heavy atom. The smallest absolute Gasteiger partial charge is 0.315 e. The largest absolute Gasteiger partial charge is 0.329 e. The number of piperidine rings is 1. The highest BCUT2D eigenvalue weighted by molar-refractivity contribution is 5.76. The molecule has 1 aliphatic heterocycles. The number of fused-ring (bicyclic) bond motifs is 1. The average molecular weight is 245 g/mol. The van der Waals surface area contributed by atoms with Gasteiger partial charge in [0.15, 0.2) is 0 Å². The highest BCUT2D eigenvalue weighted by Gasteiger charge is 2.19. The number of benzene rings is 1. The third-order valence-corrected chi connectivity index (χ3v) is 3.47. The van der Waals surface area contributed by atoms with E-state index >= 15 is 0 Å². The third kappa shape index (κ3) is 1.76. The highest BCUT2D eigenvalue weighted by atomic mass is 16.2. The fourth-order valence-corrected chi connectivity index (χ4v) is 2.56. The Labute approximate surface area is 103 Å². The summed E-state index contributed by atoms with van der Waals surface area (Å²) in [5.41, 5.74) is 0.1000. The number of H-pyrrole nitrogens is 1. The van der Waals surface area contributed by atoms with Crippen LogP contribution in [-0.4, -0.2) is 22.6 Å². The molecule has 1 atom stereocenters. The van der Waals surface area contributed by atoms with Gasteiger partial charge in [0.2, 0.25) is 0 Å². The van der Waals surface area contributed by atoms with Crippen molar-refractivity contribution >= 4 is 10.9 Å². The van der Waals surface area contributed by atoms with Crippen LogP contribution in [0.5, 0.6) is 0 Å². The average Bonchev–Trinajstić information content (AvgIpc) is 2.40. The summed E-state index contributed by atoms with van der Waals surface area (Å²) >= 11 is 0. The van der Waals surface area contributed by atoms with E-state index in [0.717, 1.165) is 19.4 Å². The molecule has 2 aromatic rings. The van der Waals surface area contributed by atoms with Crippen LogP contribution in [-0.2, 0) is 0 Å². The molecule has 0 amide bonds. The van der Waals surface area contributed by atoms with Gasteiger partial charge in [-0.25, -0.2) is 4.79 Å². The molecule has 5 nitrogen and oxygen atoms in total. The van der Waals surface area contributed by atoms with Gasteiger partial charge < -0.3 is 10.3 Å². The van der Waals surface area contributed by atoms with Crippen molar-refractivity contribution in [2.75, 3.05) is 13.1 Å². The summed E-state index contributed by atoms with van der Waals surface area (Å²) in [5.74, 6) is 0. The van der Waals surface area contributed by atoms with E-state index < -0.39 is 0 Å². The first-order valence-corrected chi connectivity index (χ1v) is 6.21. The molecule has 18 heavy (non-hydrogen) atoms. The zero-order valence-electron chi connectivity index (χ0n) is 9.98. The van der Waals surface area contributed by atoms with Gasteiger partial charge in [0.25, 0.3) is 5.56 Å². The van der Waals surface area contributed by atoms with Crippen molar-refractivity contribution in [2.45, 2.75) is 18.9 Å². The zero-order valence-corrected chi connectivity index (χ0v) is 9.98. The van der Waals surface area contributed by atoms with Gasteiger partial charge in [0, 0.05) is 6.54 Å². The summed E-state index contributed by atoms with van der Waals surface area (Å²) in [6.45, 7) is 1.64. The summed E-state index contributed by atoms with van der Waals surface area (Å²) in [4.78, 5) is 27.2. The lowest BCUT2D eigenvalue weighted by atomic mass is 10.1. The summed E-state index contributed by atoms with van der Waals surface area (Å²) in [7, 11) is 0. The van der Waals surface area contributed by atoms with E-state index in [1.807, 2.05) is 12.1 Å². The number of rotatable bonds is 1. The minimum atomic E-state index is -0.313. The zero-order chi connectivity index (χ0) is 12.5. The summed E-state index contributed by atoms with van der Waals surface area (Å²) in [6.07, 6.45) is 1.86. The molecule has 0 bridgehead atoms. The molecule has 1 aliphatic rings. The van der Waals surface area contributed by atoms with E-state index in [0.29, 0.717) is 17.4 Å². The maximum atomic E-state index is 12.4. The number of nitrogens with one attached hydrogen (secondary N) is 2. The van der Waals surface area contributed by atoms with Crippen LogP contribution in [0.2, 0.25) is 0 Å². The SMILES string of the molecule is O=c1[nH]c2ccccc2c(=O)n1[C@H]1CCCNC1. The van der Waals surface area contributed by atoms with E-state index in [-0.39, 0.29) is 17.3 Å². The minimum absolute atomic E-state index is 0.0420. The Hall–Kier alpha value is -1.88. The number of hydrogen-bond donors (Lipinski definition) is 2. The molecule has 0 saturated carbocycles. The highest BCUT2D eigenvalue weighted by Crippen LogP contribution is 2.13. The summed E-state index contributed by atoms with van der Waals surface area (Å²) < 4.78 is 1.36. The van der Waals surface area contributed by atoms with Gasteiger partial charge in [-0.3, -0.25) is 9.36 Å². The van der Waals surface area contributed by atoms with Gasteiger partial charge in [-0.2, -0.15) is 0 Å². The van der Waals surface area contributed by atoms with Gasteiger partial charge in [-0.05, 0) is 31.5 Å². The summed E-state index contributed by atoms with van der Waals surface area (Å²) in [6, 6.07) is 7.08. The molecule has 1 aromatic carbocycles. The first-order valence-electron chi connectivity index (χ1n) is 6.21. The number of hydrogen-bond acceptors (Lipinski definition) is 3. The Kier molecular flexibility index (Phi) is 2.76. The normalized spacial score (nSPS) is 20.1. The van der Waals surface area contributed by atoms with Crippen molar-refractivity contribution in [3.8, 4) is 0 Å². The molecule has 5 heteroatoms. The molecule has 0 aliphatic carbocycles. The maximum Gasteiger partial charge on any atom is 0.329 e. The predicted molar refractivity (Wildman–Crippen MR) is 70.0 cm³/mol. The second-order valence-corrected chi connectivity index (χ2v) is 4.65. The van der Waals surface area contributed by atoms with Crippen molar-refractivity contribution in [3.05, 3.63) is 45.1 Å². The van der Waals surface area contributed by atoms with Crippen LogP contribution in [0.1, 0.15) is 18.9 Å². The molecule has 1 fully saturated rings. The van der Waals surface area contributed by atoms with E-state index in [2.05, 4.69) is 10.3 Å². The molecule has 0 radical (unpaired) electrons. The monoisotopic (exact) mass is 245 g/mol. The number of para-hydroxylation sites is 1. The molecule has 1 aromatic heterocycles. The molecule has 0 spiro atoms. The molecule has 3 rings (SSSR count). The van der Waals surface area contributed by atoms with Gasteiger partial charge in [0.1, 0.15) is 0 Å². The minimum Gasteiger partial charge on any atom is -0.315 e. The lowest BCUT2D eigenvalue weighted by Crippen LogP contribution is -2.43. The molecule has 94 valence electrons. The fraction of sp³-hybridized carbons (Fsp3) is 0.385. The lowest BCUT2D eigenvalue weighted by Gasteiger charge is -2.24. The quantitative estimate of drug-likeness (QED) is 0.773. The van der Waals surface area contributed by atoms with Gasteiger partial charge in [-0.15, -0.1) is 0 Å². The lowest BCUT2D eigenvalue weighted by molar-refractivity contribution is 0.355. The molecule has 2 N–H and O–H groups in total. The molecular weight excluding hydrogens is 230 g/mol. The molecule has 0 unspecified atom stereocenters. The van der Waals surface area contributed by atoms with Gasteiger partial charge >= 0.3 is 5.69 Å². The molecule has 2 heterocycles. The van der Waals surface area contributed by atoms with Gasteiger partial charge in [-0.1, -0.05) is 12.1 Å². The van der Waals surface area contributed by atoms with Crippen molar-refractivity contribution < 1.29 is 0 Å². The van der Waals surface area contributed by atoms with Crippen LogP contribution in [0.3, 0.4) is 0 Å². The first kappa shape index (κ1) is 11.2. The van der Waals surface area contributed by atoms with E-state index in [1.165, 1.54) is 4.57 Å². The Bertz CT molecular complexity index is 680. The first-order chi connectivity index (χ1) is 8.77. The Morgan fingerprint density at radius 3 is 2.83 bits per heavy atom. The van der Waals surface area contributed by atoms with Crippen LogP contribution < -0.4 is 16.6 Å². The fourth-order valence-electron chi connectivity index (χ4n) is 2.56. The van der Waals surface area contributed by atoms with E-state index in [4.69, 9.17) is 0 Å². The molecule has 1 saturated heterocycles. The second-order valence-electron chi connectivity index (χ2n) is 4.65. The Balaban J connectivity index is 2.22.